The van der Waals surface area contributed by atoms with Crippen molar-refractivity contribution in [3.05, 3.63) is 99.3 Å². The Bertz CT molecular complexity index is 1440. The molecule has 0 bridgehead atoms. The third-order valence-electron chi connectivity index (χ3n) is 4.85. The van der Waals surface area contributed by atoms with E-state index in [9.17, 15) is 26.7 Å². The van der Waals surface area contributed by atoms with Gasteiger partial charge in [0.25, 0.3) is 0 Å². The predicted molar refractivity (Wildman–Crippen MR) is 112 cm³/mol. The quantitative estimate of drug-likeness (QED) is 0.576. The van der Waals surface area contributed by atoms with Crippen LogP contribution in [0.25, 0.3) is 5.76 Å². The second kappa shape index (κ2) is 6.93. The Labute approximate surface area is 174 Å². The van der Waals surface area contributed by atoms with Gasteiger partial charge >= 0.3 is 0 Å². The Kier molecular flexibility index (Phi) is 4.63. The Morgan fingerprint density at radius 2 is 1.43 bits per heavy atom. The maximum atomic E-state index is 12.6. The molecule has 4 rings (SSSR count). The monoisotopic (exact) mass is 440 g/mol. The number of fused-ring (bicyclic) bond motifs is 2. The fourth-order valence-electron chi connectivity index (χ4n) is 3.39. The molecule has 2 aliphatic rings. The van der Waals surface area contributed by atoms with Crippen LogP contribution in [0.1, 0.15) is 22.8 Å². The highest BCUT2D eigenvalue weighted by molar-refractivity contribution is 7.97. The van der Waals surface area contributed by atoms with E-state index in [1.54, 1.807) is 31.2 Å². The van der Waals surface area contributed by atoms with Crippen molar-refractivity contribution in [2.45, 2.75) is 16.7 Å². The smallest absolute Gasteiger partial charge is 0.211 e. The van der Waals surface area contributed by atoms with Crippen molar-refractivity contribution in [3.8, 4) is 0 Å². The normalized spacial score (nSPS) is 20.8. The number of sulfone groups is 2. The van der Waals surface area contributed by atoms with Gasteiger partial charge in [-0.25, -0.2) is 16.8 Å². The van der Waals surface area contributed by atoms with Crippen molar-refractivity contribution in [1.82, 2.24) is 0 Å². The van der Waals surface area contributed by atoms with Gasteiger partial charge in [0.2, 0.25) is 25.5 Å². The summed E-state index contributed by atoms with van der Waals surface area (Å²) in [4.78, 5) is 11.9. The van der Waals surface area contributed by atoms with Crippen molar-refractivity contribution >= 4 is 31.2 Å². The van der Waals surface area contributed by atoms with Gasteiger partial charge < -0.3 is 5.11 Å². The summed E-state index contributed by atoms with van der Waals surface area (Å²) in [6.07, 6.45) is 5.34. The van der Waals surface area contributed by atoms with Crippen LogP contribution in [0, 0.1) is 0 Å². The molecule has 2 aromatic carbocycles. The first-order valence-corrected chi connectivity index (χ1v) is 11.9. The molecule has 0 radical (unpaired) electrons. The van der Waals surface area contributed by atoms with Crippen LogP contribution >= 0.6 is 0 Å². The molecular formula is C22H16O6S2. The summed E-state index contributed by atoms with van der Waals surface area (Å²) in [6.45, 7) is 1.60. The maximum Gasteiger partial charge on any atom is 0.211 e. The van der Waals surface area contributed by atoms with Crippen molar-refractivity contribution < 1.29 is 26.7 Å². The first-order chi connectivity index (χ1) is 14.2. The molecule has 0 aliphatic carbocycles. The molecule has 0 atom stereocenters. The molecule has 0 saturated carbocycles. The summed E-state index contributed by atoms with van der Waals surface area (Å²) in [7, 11) is -7.72. The summed E-state index contributed by atoms with van der Waals surface area (Å²) in [5.74, 6) is -0.910. The number of rotatable bonds is 3. The van der Waals surface area contributed by atoms with Crippen LogP contribution in [0.5, 0.6) is 0 Å². The molecule has 2 aromatic rings. The molecule has 0 saturated heterocycles. The lowest BCUT2D eigenvalue weighted by Crippen LogP contribution is -2.01. The van der Waals surface area contributed by atoms with Gasteiger partial charge in [-0.1, -0.05) is 36.4 Å². The minimum Gasteiger partial charge on any atom is -0.506 e. The molecule has 0 spiro atoms. The van der Waals surface area contributed by atoms with Crippen LogP contribution in [0.15, 0.2) is 98.0 Å². The third kappa shape index (κ3) is 2.96. The molecule has 0 aromatic heterocycles. The lowest BCUT2D eigenvalue weighted by atomic mass is 10.1. The number of Topliss-reactive ketones (excluding diaryl/α,β-unsaturated/α-hetero) is 1. The van der Waals surface area contributed by atoms with E-state index in [2.05, 4.69) is 0 Å². The van der Waals surface area contributed by atoms with E-state index in [1.807, 2.05) is 0 Å². The fraction of sp³-hybridized carbons (Fsp3) is 0.0455. The number of hydrogen-bond donors (Lipinski definition) is 1. The van der Waals surface area contributed by atoms with Crippen LogP contribution in [0.3, 0.4) is 0 Å². The number of carbonyl (C=O) groups is 1. The van der Waals surface area contributed by atoms with E-state index in [1.165, 1.54) is 48.6 Å². The van der Waals surface area contributed by atoms with E-state index in [0.717, 1.165) is 0 Å². The van der Waals surface area contributed by atoms with Gasteiger partial charge in [-0.05, 0) is 48.9 Å². The van der Waals surface area contributed by atoms with Crippen LogP contribution < -0.4 is 0 Å². The highest BCUT2D eigenvalue weighted by Gasteiger charge is 2.38. The van der Waals surface area contributed by atoms with Gasteiger partial charge in [-0.15, -0.1) is 0 Å². The zero-order chi connectivity index (χ0) is 21.7. The molecule has 0 fully saturated rings. The molecular weight excluding hydrogens is 424 g/mol. The molecule has 0 unspecified atom stereocenters. The van der Waals surface area contributed by atoms with E-state index in [4.69, 9.17) is 0 Å². The number of allylic oxidation sites excluding steroid dienone is 6. The van der Waals surface area contributed by atoms with Gasteiger partial charge in [-0.3, -0.25) is 4.79 Å². The second-order valence-electron chi connectivity index (χ2n) is 6.82. The van der Waals surface area contributed by atoms with Crippen LogP contribution in [-0.4, -0.2) is 27.7 Å². The lowest BCUT2D eigenvalue weighted by molar-refractivity contribution is 0.104. The molecule has 152 valence electrons. The molecule has 6 nitrogen and oxygen atoms in total. The van der Waals surface area contributed by atoms with Gasteiger partial charge in [0.15, 0.2) is 0 Å². The Hall–Kier alpha value is -3.23. The van der Waals surface area contributed by atoms with E-state index < -0.39 is 25.5 Å². The maximum absolute atomic E-state index is 12.6. The Morgan fingerprint density at radius 1 is 0.867 bits per heavy atom. The van der Waals surface area contributed by atoms with Crippen molar-refractivity contribution in [1.29, 1.82) is 0 Å². The number of carbonyl (C=O) groups excluding carboxylic acids is 1. The summed E-state index contributed by atoms with van der Waals surface area (Å²) in [5, 5.41) is 10.3. The SMILES string of the molecule is CC(C=CC=C1C(=O)c2ccccc2S1(=O)=O)=CC1=C(O)c2ccccc2S1(=O)=O. The highest BCUT2D eigenvalue weighted by atomic mass is 32.2. The Balaban J connectivity index is 1.66. The minimum atomic E-state index is -3.88. The second-order valence-corrected chi connectivity index (χ2v) is 10.6. The minimum absolute atomic E-state index is 0.0215. The molecule has 8 heteroatoms. The molecule has 2 heterocycles. The number of aliphatic hydroxyl groups excluding tert-OH is 1. The summed E-state index contributed by atoms with van der Waals surface area (Å²) >= 11 is 0. The lowest BCUT2D eigenvalue weighted by Gasteiger charge is -1.99. The largest absolute Gasteiger partial charge is 0.506 e. The summed E-state index contributed by atoms with van der Waals surface area (Å²) in [6, 6.07) is 12.1. The number of benzene rings is 2. The van der Waals surface area contributed by atoms with Crippen molar-refractivity contribution in [2.75, 3.05) is 0 Å². The van der Waals surface area contributed by atoms with Crippen molar-refractivity contribution in [2.24, 2.45) is 0 Å². The molecule has 2 aliphatic heterocycles. The van der Waals surface area contributed by atoms with Crippen LogP contribution in [0.4, 0.5) is 0 Å². The Morgan fingerprint density at radius 3 is 2.03 bits per heavy atom. The van der Waals surface area contributed by atoms with E-state index in [0.29, 0.717) is 5.57 Å². The predicted octanol–water partition coefficient (Wildman–Crippen LogP) is 3.76. The van der Waals surface area contributed by atoms with E-state index in [-0.39, 0.29) is 36.5 Å². The topological polar surface area (TPSA) is 106 Å². The number of ketones is 1. The first kappa shape index (κ1) is 20.1. The van der Waals surface area contributed by atoms with Gasteiger partial charge in [-0.2, -0.15) is 0 Å². The molecule has 0 amide bonds. The van der Waals surface area contributed by atoms with Gasteiger partial charge in [0, 0.05) is 11.1 Å². The zero-order valence-electron chi connectivity index (χ0n) is 15.7. The van der Waals surface area contributed by atoms with Crippen LogP contribution in [-0.2, 0) is 19.7 Å². The average Bonchev–Trinajstić information content (AvgIpc) is 3.03. The summed E-state index contributed by atoms with van der Waals surface area (Å²) in [5.41, 5.74) is 0.822. The zero-order valence-corrected chi connectivity index (χ0v) is 17.4. The van der Waals surface area contributed by atoms with Crippen molar-refractivity contribution in [3.63, 3.8) is 0 Å². The first-order valence-electron chi connectivity index (χ1n) is 8.89. The number of aliphatic hydroxyl groups is 1. The average molecular weight is 440 g/mol. The van der Waals surface area contributed by atoms with Gasteiger partial charge in [0.05, 0.1) is 9.79 Å². The standard InChI is InChI=1S/C22H16O6S2/c1-14(13-20-22(24)16-9-3-5-11-18(16)30(20,27)28)7-6-12-19-21(23)15-8-2-4-10-17(15)29(19,25)26/h2-13,24H,1H3. The number of hydrogen-bond acceptors (Lipinski definition) is 6. The fourth-order valence-corrected chi connectivity index (χ4v) is 6.60. The van der Waals surface area contributed by atoms with Gasteiger partial charge in [0.1, 0.15) is 15.6 Å². The summed E-state index contributed by atoms with van der Waals surface area (Å²) < 4.78 is 50.4. The highest BCUT2D eigenvalue weighted by Crippen LogP contribution is 2.38. The molecule has 1 N–H and O–H groups in total. The van der Waals surface area contributed by atoms with E-state index >= 15 is 0 Å². The molecule has 30 heavy (non-hydrogen) atoms. The third-order valence-corrected chi connectivity index (χ3v) is 8.52. The van der Waals surface area contributed by atoms with Crippen LogP contribution in [0.2, 0.25) is 0 Å².